The lowest BCUT2D eigenvalue weighted by Crippen LogP contribution is -2.45. The average Bonchev–Trinajstić information content (AvgIpc) is 3.12. The van der Waals surface area contributed by atoms with Crippen molar-refractivity contribution in [2.45, 2.75) is 26.4 Å². The van der Waals surface area contributed by atoms with E-state index in [4.69, 9.17) is 0 Å². The first-order valence-electron chi connectivity index (χ1n) is 8.75. The van der Waals surface area contributed by atoms with Gasteiger partial charge in [0.15, 0.2) is 5.96 Å². The fourth-order valence-electron chi connectivity index (χ4n) is 2.83. The molecule has 0 spiro atoms. The van der Waals surface area contributed by atoms with Gasteiger partial charge in [-0.25, -0.2) is 9.38 Å². The molecule has 0 saturated carbocycles. The van der Waals surface area contributed by atoms with E-state index in [-0.39, 0.29) is 42.2 Å². The van der Waals surface area contributed by atoms with Crippen LogP contribution in [0.3, 0.4) is 0 Å². The summed E-state index contributed by atoms with van der Waals surface area (Å²) in [6.45, 7) is 4.74. The summed E-state index contributed by atoms with van der Waals surface area (Å²) in [6, 6.07) is 8.36. The molecule has 3 rings (SSSR count). The minimum atomic E-state index is -0.260. The van der Waals surface area contributed by atoms with E-state index in [1.807, 2.05) is 11.8 Å². The Labute approximate surface area is 180 Å². The van der Waals surface area contributed by atoms with Crippen molar-refractivity contribution in [2.75, 3.05) is 19.6 Å². The predicted molar refractivity (Wildman–Crippen MR) is 118 cm³/mol. The number of nitrogens with zero attached hydrogens (tertiary/aromatic N) is 2. The maximum atomic E-state index is 13.0. The number of hydrogen-bond acceptors (Lipinski definition) is 3. The number of nitrogens with one attached hydrogen (secondary N) is 2. The van der Waals surface area contributed by atoms with E-state index >= 15 is 0 Å². The molecule has 8 heteroatoms. The zero-order chi connectivity index (χ0) is 18.4. The van der Waals surface area contributed by atoms with Crippen molar-refractivity contribution in [3.05, 3.63) is 57.5 Å². The van der Waals surface area contributed by atoms with Crippen LogP contribution < -0.4 is 10.6 Å². The maximum absolute atomic E-state index is 13.0. The van der Waals surface area contributed by atoms with Gasteiger partial charge >= 0.3 is 0 Å². The van der Waals surface area contributed by atoms with Gasteiger partial charge in [-0.05, 0) is 48.1 Å². The minimum Gasteiger partial charge on any atom is -0.357 e. The monoisotopic (exact) mass is 502 g/mol. The molecule has 2 N–H and O–H groups in total. The van der Waals surface area contributed by atoms with Crippen molar-refractivity contribution in [1.29, 1.82) is 0 Å². The molecule has 5 nitrogen and oxygen atoms in total. The third-order valence-corrected chi connectivity index (χ3v) is 5.27. The summed E-state index contributed by atoms with van der Waals surface area (Å²) < 4.78 is 13.0. The second-order valence-electron chi connectivity index (χ2n) is 6.11. The predicted octanol–water partition coefficient (Wildman–Crippen LogP) is 3.15. The van der Waals surface area contributed by atoms with Gasteiger partial charge in [0, 0.05) is 24.5 Å². The molecule has 1 aromatic heterocycles. The van der Waals surface area contributed by atoms with Crippen LogP contribution in [-0.4, -0.2) is 36.4 Å². The molecule has 1 aromatic carbocycles. The van der Waals surface area contributed by atoms with Gasteiger partial charge in [0.1, 0.15) is 5.82 Å². The van der Waals surface area contributed by atoms with Crippen molar-refractivity contribution < 1.29 is 9.18 Å². The Morgan fingerprint density at radius 2 is 2.04 bits per heavy atom. The van der Waals surface area contributed by atoms with Gasteiger partial charge < -0.3 is 15.5 Å². The minimum absolute atomic E-state index is 0. The largest absolute Gasteiger partial charge is 0.357 e. The number of amides is 1. The number of fused-ring (bicyclic) bond motifs is 1. The van der Waals surface area contributed by atoms with Gasteiger partial charge in [0.2, 0.25) is 5.91 Å². The first-order valence-corrected chi connectivity index (χ1v) is 9.63. The van der Waals surface area contributed by atoms with E-state index in [0.29, 0.717) is 25.6 Å². The molecule has 0 aliphatic carbocycles. The van der Waals surface area contributed by atoms with Gasteiger partial charge in [0.05, 0.1) is 13.1 Å². The van der Waals surface area contributed by atoms with E-state index in [2.05, 4.69) is 27.1 Å². The summed E-state index contributed by atoms with van der Waals surface area (Å²) in [5.41, 5.74) is 2.17. The zero-order valence-electron chi connectivity index (χ0n) is 15.2. The van der Waals surface area contributed by atoms with Gasteiger partial charge in [-0.1, -0.05) is 12.1 Å². The molecule has 0 radical (unpaired) electrons. The molecule has 2 heterocycles. The Bertz CT molecular complexity index is 778. The van der Waals surface area contributed by atoms with Crippen LogP contribution in [0.2, 0.25) is 0 Å². The van der Waals surface area contributed by atoms with Crippen LogP contribution in [0.5, 0.6) is 0 Å². The number of aliphatic imine (C=N–C) groups is 1. The summed E-state index contributed by atoms with van der Waals surface area (Å²) in [7, 11) is 0. The van der Waals surface area contributed by atoms with Gasteiger partial charge in [-0.2, -0.15) is 0 Å². The van der Waals surface area contributed by atoms with Crippen molar-refractivity contribution in [3.63, 3.8) is 0 Å². The third kappa shape index (κ3) is 6.17. The summed E-state index contributed by atoms with van der Waals surface area (Å²) in [4.78, 5) is 20.2. The highest BCUT2D eigenvalue weighted by Gasteiger charge is 2.21. The van der Waals surface area contributed by atoms with Crippen molar-refractivity contribution in [1.82, 2.24) is 15.5 Å². The van der Waals surface area contributed by atoms with Crippen LogP contribution in [0.15, 0.2) is 40.7 Å². The number of halogens is 2. The quantitative estimate of drug-likeness (QED) is 0.376. The highest BCUT2D eigenvalue weighted by molar-refractivity contribution is 14.0. The Morgan fingerprint density at radius 1 is 1.26 bits per heavy atom. The second kappa shape index (κ2) is 10.6. The summed E-state index contributed by atoms with van der Waals surface area (Å²) in [5, 5.41) is 8.31. The Balaban J connectivity index is 0.00000261. The lowest BCUT2D eigenvalue weighted by atomic mass is 10.1. The molecule has 0 unspecified atom stereocenters. The van der Waals surface area contributed by atoms with Crippen molar-refractivity contribution in [3.8, 4) is 0 Å². The van der Waals surface area contributed by atoms with Gasteiger partial charge in [-0.15, -0.1) is 35.3 Å². The van der Waals surface area contributed by atoms with E-state index in [1.54, 1.807) is 23.5 Å². The Kier molecular flexibility index (Phi) is 8.49. The van der Waals surface area contributed by atoms with Crippen molar-refractivity contribution in [2.24, 2.45) is 4.99 Å². The smallest absolute Gasteiger partial charge is 0.242 e. The zero-order valence-corrected chi connectivity index (χ0v) is 18.4. The molecule has 1 aliphatic heterocycles. The Morgan fingerprint density at radius 3 is 2.78 bits per heavy atom. The third-order valence-electron chi connectivity index (χ3n) is 4.24. The molecule has 146 valence electrons. The number of carbonyl (C=O) groups is 1. The molecule has 0 bridgehead atoms. The van der Waals surface area contributed by atoms with Crippen LogP contribution in [0.1, 0.15) is 22.9 Å². The number of guanidine groups is 1. The number of benzene rings is 1. The second-order valence-corrected chi connectivity index (χ2v) is 7.11. The average molecular weight is 502 g/mol. The highest BCUT2D eigenvalue weighted by Crippen LogP contribution is 2.23. The van der Waals surface area contributed by atoms with Gasteiger partial charge in [0.25, 0.3) is 0 Å². The van der Waals surface area contributed by atoms with E-state index < -0.39 is 0 Å². The molecular formula is C19H24FIN4OS. The molecule has 0 atom stereocenters. The van der Waals surface area contributed by atoms with E-state index in [0.717, 1.165) is 18.5 Å². The first kappa shape index (κ1) is 21.6. The normalized spacial score (nSPS) is 13.6. The molecule has 1 amide bonds. The van der Waals surface area contributed by atoms with Crippen LogP contribution in [-0.2, 0) is 24.3 Å². The molecule has 1 aliphatic rings. The highest BCUT2D eigenvalue weighted by atomic mass is 127. The molecule has 2 aromatic rings. The molecule has 0 saturated heterocycles. The van der Waals surface area contributed by atoms with Crippen molar-refractivity contribution >= 4 is 47.2 Å². The topological polar surface area (TPSA) is 56.7 Å². The lowest BCUT2D eigenvalue weighted by molar-refractivity contribution is -0.130. The van der Waals surface area contributed by atoms with E-state index in [9.17, 15) is 9.18 Å². The van der Waals surface area contributed by atoms with Crippen LogP contribution >= 0.6 is 35.3 Å². The molecule has 27 heavy (non-hydrogen) atoms. The fraction of sp³-hybridized carbons (Fsp3) is 0.368. The number of hydrogen-bond donors (Lipinski definition) is 2. The molecular weight excluding hydrogens is 478 g/mol. The van der Waals surface area contributed by atoms with Crippen LogP contribution in [0.25, 0.3) is 0 Å². The lowest BCUT2D eigenvalue weighted by Gasteiger charge is -2.27. The Hall–Kier alpha value is -1.68. The van der Waals surface area contributed by atoms with Crippen LogP contribution in [0, 0.1) is 5.82 Å². The number of carbonyl (C=O) groups excluding carboxylic acids is 1. The summed E-state index contributed by atoms with van der Waals surface area (Å²) in [5.74, 6) is 0.385. The van der Waals surface area contributed by atoms with Gasteiger partial charge in [-0.3, -0.25) is 4.79 Å². The van der Waals surface area contributed by atoms with E-state index in [1.165, 1.54) is 22.6 Å². The standard InChI is InChI=1S/C19H23FN4OS.HI/c1-2-21-19(22-11-14-3-5-16(20)6-4-14)23-12-18(25)24-9-7-17-15(13-24)8-10-26-17;/h3-6,8,10H,2,7,9,11-13H2,1H3,(H2,21,22,23);1H. The first-order chi connectivity index (χ1) is 12.7. The maximum Gasteiger partial charge on any atom is 0.242 e. The summed E-state index contributed by atoms with van der Waals surface area (Å²) >= 11 is 1.76. The number of rotatable bonds is 5. The number of thiophene rings is 1. The summed E-state index contributed by atoms with van der Waals surface area (Å²) in [6.07, 6.45) is 0.928. The SMILES string of the molecule is CCNC(=NCc1ccc(F)cc1)NCC(=O)N1CCc2sccc2C1.I. The van der Waals surface area contributed by atoms with Crippen LogP contribution in [0.4, 0.5) is 4.39 Å². The molecule has 0 fully saturated rings. The fourth-order valence-corrected chi connectivity index (χ4v) is 3.72.